The van der Waals surface area contributed by atoms with Gasteiger partial charge in [-0.2, -0.15) is 26.3 Å². The fourth-order valence-electron chi connectivity index (χ4n) is 1.29. The molecule has 0 radical (unpaired) electrons. The van der Waals surface area contributed by atoms with Crippen LogP contribution in [0.15, 0.2) is 18.3 Å². The smallest absolute Gasteiger partial charge is 0.388 e. The van der Waals surface area contributed by atoms with Gasteiger partial charge in [0.15, 0.2) is 6.10 Å². The fraction of sp³-hybridized carbons (Fsp3) is 0.500. The van der Waals surface area contributed by atoms with Gasteiger partial charge in [-0.15, -0.1) is 0 Å². The number of aliphatic hydroxyl groups is 2. The van der Waals surface area contributed by atoms with E-state index in [2.05, 4.69) is 4.98 Å². The molecule has 0 saturated heterocycles. The molecule has 0 amide bonds. The van der Waals surface area contributed by atoms with E-state index in [4.69, 9.17) is 5.11 Å². The summed E-state index contributed by atoms with van der Waals surface area (Å²) in [7, 11) is 0. The molecule has 0 aliphatic heterocycles. The van der Waals surface area contributed by atoms with Crippen LogP contribution in [0.4, 0.5) is 26.3 Å². The minimum atomic E-state index is -4.94. The molecule has 2 atom stereocenters. The van der Waals surface area contributed by atoms with Crippen molar-refractivity contribution in [3.63, 3.8) is 0 Å². The number of hydrogen-bond acceptors (Lipinski definition) is 3. The summed E-state index contributed by atoms with van der Waals surface area (Å²) in [6, 6.07) is 1.39. The van der Waals surface area contributed by atoms with Crippen LogP contribution in [-0.4, -0.2) is 27.5 Å². The van der Waals surface area contributed by atoms with E-state index in [1.54, 1.807) is 0 Å². The van der Waals surface area contributed by atoms with Gasteiger partial charge in [-0.1, -0.05) is 0 Å². The largest absolute Gasteiger partial charge is 0.433 e. The predicted molar refractivity (Wildman–Crippen MR) is 50.9 cm³/mol. The van der Waals surface area contributed by atoms with Crippen LogP contribution in [0.5, 0.6) is 0 Å². The molecular formula is C10H9F6FeNO2. The summed E-state index contributed by atoms with van der Waals surface area (Å²) in [6.07, 6.45) is -14.8. The molecular weight excluding hydrogens is 336 g/mol. The van der Waals surface area contributed by atoms with Gasteiger partial charge in [0.2, 0.25) is 0 Å². The standard InChI is InChI=1S/C10H9F6NO2.Fe/c11-9(12,13)7-3-5(1-2-17-7)6(18)4-8(19)10(14,15)16;/h1-3,6,8,18-19H,4H2;. The molecule has 0 aliphatic carbocycles. The van der Waals surface area contributed by atoms with E-state index >= 15 is 0 Å². The molecule has 0 aromatic carbocycles. The van der Waals surface area contributed by atoms with Gasteiger partial charge in [0, 0.05) is 29.7 Å². The average molecular weight is 345 g/mol. The molecule has 2 unspecified atom stereocenters. The summed E-state index contributed by atoms with van der Waals surface area (Å²) in [5.41, 5.74) is -1.73. The van der Waals surface area contributed by atoms with Gasteiger partial charge < -0.3 is 10.2 Å². The zero-order valence-corrected chi connectivity index (χ0v) is 10.7. The van der Waals surface area contributed by atoms with E-state index < -0.39 is 42.2 Å². The van der Waals surface area contributed by atoms with Crippen LogP contribution in [0.1, 0.15) is 23.8 Å². The van der Waals surface area contributed by atoms with E-state index in [0.29, 0.717) is 6.07 Å². The number of aliphatic hydroxyl groups excluding tert-OH is 2. The normalized spacial score (nSPS) is 15.4. The minimum absolute atomic E-state index is 0. The molecule has 0 bridgehead atoms. The van der Waals surface area contributed by atoms with Crippen molar-refractivity contribution in [2.45, 2.75) is 31.0 Å². The van der Waals surface area contributed by atoms with Gasteiger partial charge in [-0.05, 0) is 17.7 Å². The van der Waals surface area contributed by atoms with E-state index in [1.807, 2.05) is 0 Å². The van der Waals surface area contributed by atoms with Crippen molar-refractivity contribution in [2.24, 2.45) is 0 Å². The molecule has 0 spiro atoms. The average Bonchev–Trinajstić information content (AvgIpc) is 2.26. The molecule has 1 aromatic heterocycles. The Morgan fingerprint density at radius 3 is 2.10 bits per heavy atom. The van der Waals surface area contributed by atoms with E-state index in [-0.39, 0.29) is 17.1 Å². The number of nitrogens with zero attached hydrogens (tertiary/aromatic N) is 1. The van der Waals surface area contributed by atoms with Crippen LogP contribution < -0.4 is 0 Å². The van der Waals surface area contributed by atoms with Crippen molar-refractivity contribution < 1.29 is 53.6 Å². The number of aromatic nitrogens is 1. The first-order valence-electron chi connectivity index (χ1n) is 4.98. The van der Waals surface area contributed by atoms with Crippen molar-refractivity contribution in [3.05, 3.63) is 29.6 Å². The third kappa shape index (κ3) is 5.28. The quantitative estimate of drug-likeness (QED) is 0.654. The maximum absolute atomic E-state index is 12.3. The Hall–Kier alpha value is -0.831. The Bertz CT molecular complexity index is 436. The van der Waals surface area contributed by atoms with E-state index in [1.165, 1.54) is 0 Å². The third-order valence-electron chi connectivity index (χ3n) is 2.28. The second kappa shape index (κ2) is 6.75. The molecule has 1 rings (SSSR count). The molecule has 1 aromatic rings. The van der Waals surface area contributed by atoms with Gasteiger partial charge in [0.05, 0.1) is 6.10 Å². The van der Waals surface area contributed by atoms with Gasteiger partial charge in [-0.3, -0.25) is 4.98 Å². The van der Waals surface area contributed by atoms with Gasteiger partial charge in [0.25, 0.3) is 0 Å². The summed E-state index contributed by atoms with van der Waals surface area (Å²) in [4.78, 5) is 3.00. The Labute approximate surface area is 120 Å². The van der Waals surface area contributed by atoms with Gasteiger partial charge in [0.1, 0.15) is 5.69 Å². The number of hydrogen-bond donors (Lipinski definition) is 2. The van der Waals surface area contributed by atoms with Gasteiger partial charge in [-0.25, -0.2) is 0 Å². The third-order valence-corrected chi connectivity index (χ3v) is 2.28. The summed E-state index contributed by atoms with van der Waals surface area (Å²) in [5, 5.41) is 18.1. The zero-order valence-electron chi connectivity index (χ0n) is 9.56. The maximum atomic E-state index is 12.3. The Balaban J connectivity index is 0.00000361. The summed E-state index contributed by atoms with van der Waals surface area (Å²) in [6.45, 7) is 0. The Kier molecular flexibility index (Phi) is 6.47. The molecule has 2 N–H and O–H groups in total. The molecule has 1 heterocycles. The maximum Gasteiger partial charge on any atom is 0.433 e. The molecule has 0 saturated carbocycles. The summed E-state index contributed by atoms with van der Waals surface area (Å²) < 4.78 is 73.0. The van der Waals surface area contributed by atoms with Crippen molar-refractivity contribution in [2.75, 3.05) is 0 Å². The van der Waals surface area contributed by atoms with E-state index in [9.17, 15) is 31.4 Å². The molecule has 0 fully saturated rings. The van der Waals surface area contributed by atoms with Crippen molar-refractivity contribution in [1.29, 1.82) is 0 Å². The number of alkyl halides is 6. The molecule has 3 nitrogen and oxygen atoms in total. The Morgan fingerprint density at radius 2 is 1.65 bits per heavy atom. The molecule has 20 heavy (non-hydrogen) atoms. The predicted octanol–water partition coefficient (Wildman–Crippen LogP) is 2.44. The molecule has 10 heteroatoms. The Morgan fingerprint density at radius 1 is 1.10 bits per heavy atom. The zero-order chi connectivity index (χ0) is 14.8. The first-order valence-corrected chi connectivity index (χ1v) is 4.98. The first kappa shape index (κ1) is 19.2. The van der Waals surface area contributed by atoms with Crippen molar-refractivity contribution in [1.82, 2.24) is 4.98 Å². The number of pyridine rings is 1. The monoisotopic (exact) mass is 345 g/mol. The van der Waals surface area contributed by atoms with Crippen LogP contribution in [0.2, 0.25) is 0 Å². The second-order valence-corrected chi connectivity index (χ2v) is 3.78. The molecule has 0 aliphatic rings. The van der Waals surface area contributed by atoms with Crippen LogP contribution >= 0.6 is 0 Å². The first-order chi connectivity index (χ1) is 8.51. The topological polar surface area (TPSA) is 53.4 Å². The number of rotatable bonds is 3. The van der Waals surface area contributed by atoms with Crippen molar-refractivity contribution in [3.8, 4) is 0 Å². The SMILES string of the molecule is OC(CC(O)C(F)(F)F)c1ccnc(C(F)(F)F)c1.[Fe]. The van der Waals surface area contributed by atoms with Crippen LogP contribution in [-0.2, 0) is 23.2 Å². The van der Waals surface area contributed by atoms with Crippen LogP contribution in [0.25, 0.3) is 0 Å². The fourth-order valence-corrected chi connectivity index (χ4v) is 1.29. The molecule has 116 valence electrons. The summed E-state index contributed by atoms with van der Waals surface area (Å²) >= 11 is 0. The van der Waals surface area contributed by atoms with Crippen LogP contribution in [0.3, 0.4) is 0 Å². The second-order valence-electron chi connectivity index (χ2n) is 3.78. The number of halogens is 6. The van der Waals surface area contributed by atoms with Crippen molar-refractivity contribution >= 4 is 0 Å². The van der Waals surface area contributed by atoms with E-state index in [0.717, 1.165) is 12.3 Å². The summed E-state index contributed by atoms with van der Waals surface area (Å²) in [5.74, 6) is 0. The van der Waals surface area contributed by atoms with Crippen LogP contribution in [0, 0.1) is 0 Å². The van der Waals surface area contributed by atoms with Gasteiger partial charge >= 0.3 is 12.4 Å². The minimum Gasteiger partial charge on any atom is -0.388 e.